The van der Waals surface area contributed by atoms with Gasteiger partial charge in [0, 0.05) is 23.1 Å². The first-order valence-electron chi connectivity index (χ1n) is 8.06. The van der Waals surface area contributed by atoms with Crippen LogP contribution in [0.5, 0.6) is 0 Å². The van der Waals surface area contributed by atoms with Gasteiger partial charge in [0.15, 0.2) is 0 Å². The van der Waals surface area contributed by atoms with Crippen LogP contribution in [0.4, 0.5) is 5.69 Å². The highest BCUT2D eigenvalue weighted by atomic mass is 79.9. The van der Waals surface area contributed by atoms with Crippen LogP contribution in [0.25, 0.3) is 0 Å². The van der Waals surface area contributed by atoms with E-state index in [1.807, 2.05) is 19.1 Å². The molecule has 130 valence electrons. The fourth-order valence-corrected chi connectivity index (χ4v) is 3.05. The summed E-state index contributed by atoms with van der Waals surface area (Å²) in [4.78, 5) is 37.3. The molecule has 3 amide bonds. The Balaban J connectivity index is 1.78. The number of nitrogens with one attached hydrogen (secondary N) is 2. The summed E-state index contributed by atoms with van der Waals surface area (Å²) in [5, 5.41) is 5.33. The fraction of sp³-hybridized carbons (Fsp3) is 0.471. The van der Waals surface area contributed by atoms with Crippen molar-refractivity contribution in [3.63, 3.8) is 0 Å². The van der Waals surface area contributed by atoms with Gasteiger partial charge < -0.3 is 15.5 Å². The minimum Gasteiger partial charge on any atom is -0.345 e. The second-order valence-corrected chi connectivity index (χ2v) is 6.83. The van der Waals surface area contributed by atoms with Gasteiger partial charge in [-0.15, -0.1) is 0 Å². The molecule has 0 bridgehead atoms. The maximum Gasteiger partial charge on any atom is 0.243 e. The molecule has 2 rings (SSSR count). The number of carbonyl (C=O) groups is 3. The molecule has 1 aromatic rings. The van der Waals surface area contributed by atoms with Crippen LogP contribution in [0, 0.1) is 6.92 Å². The van der Waals surface area contributed by atoms with Crippen molar-refractivity contribution in [3.8, 4) is 0 Å². The Morgan fingerprint density at radius 3 is 2.75 bits per heavy atom. The Hall–Kier alpha value is -1.89. The molecule has 0 saturated carbocycles. The van der Waals surface area contributed by atoms with Crippen molar-refractivity contribution in [3.05, 3.63) is 28.2 Å². The van der Waals surface area contributed by atoms with Crippen molar-refractivity contribution in [1.82, 2.24) is 10.2 Å². The normalized spacial score (nSPS) is 14.9. The maximum absolute atomic E-state index is 11.9. The number of halogens is 1. The van der Waals surface area contributed by atoms with Crippen LogP contribution in [0.1, 0.15) is 31.2 Å². The van der Waals surface area contributed by atoms with Crippen molar-refractivity contribution in [2.24, 2.45) is 0 Å². The molecule has 24 heavy (non-hydrogen) atoms. The summed E-state index contributed by atoms with van der Waals surface area (Å²) in [6.07, 6.45) is 3.31. The van der Waals surface area contributed by atoms with E-state index >= 15 is 0 Å². The van der Waals surface area contributed by atoms with Gasteiger partial charge >= 0.3 is 0 Å². The Morgan fingerprint density at radius 1 is 1.21 bits per heavy atom. The predicted molar refractivity (Wildman–Crippen MR) is 95.6 cm³/mol. The first-order valence-corrected chi connectivity index (χ1v) is 8.85. The smallest absolute Gasteiger partial charge is 0.243 e. The lowest BCUT2D eigenvalue weighted by atomic mass is 10.2. The number of aryl methyl sites for hydroxylation is 1. The average Bonchev–Trinajstić information content (AvgIpc) is 2.73. The summed E-state index contributed by atoms with van der Waals surface area (Å²) in [5.41, 5.74) is 1.64. The molecule has 1 fully saturated rings. The zero-order valence-corrected chi connectivity index (χ0v) is 15.3. The third kappa shape index (κ3) is 5.63. The quantitative estimate of drug-likeness (QED) is 0.801. The van der Waals surface area contributed by atoms with Crippen molar-refractivity contribution in [2.45, 2.75) is 32.6 Å². The summed E-state index contributed by atoms with van der Waals surface area (Å²) in [5.74, 6) is -0.596. The zero-order valence-electron chi connectivity index (χ0n) is 13.7. The van der Waals surface area contributed by atoms with E-state index in [2.05, 4.69) is 26.6 Å². The standard InChI is InChI=1S/C17H22BrN3O3/c1-12-9-13(18)6-7-14(12)20-15(22)10-19-16(23)11-21-8-4-2-3-5-17(21)24/h6-7,9H,2-5,8,10-11H2,1H3,(H,19,23)(H,20,22). The number of amides is 3. The van der Waals surface area contributed by atoms with Gasteiger partial charge in [0.1, 0.15) is 0 Å². The highest BCUT2D eigenvalue weighted by Crippen LogP contribution is 2.19. The van der Waals surface area contributed by atoms with Crippen LogP contribution in [-0.2, 0) is 14.4 Å². The largest absolute Gasteiger partial charge is 0.345 e. The van der Waals surface area contributed by atoms with Gasteiger partial charge in [-0.3, -0.25) is 14.4 Å². The minimum absolute atomic E-state index is 0.0117. The van der Waals surface area contributed by atoms with Crippen LogP contribution in [0.3, 0.4) is 0 Å². The SMILES string of the molecule is Cc1cc(Br)ccc1NC(=O)CNC(=O)CN1CCCCCC1=O. The van der Waals surface area contributed by atoms with Crippen LogP contribution in [-0.4, -0.2) is 42.3 Å². The molecule has 0 radical (unpaired) electrons. The first kappa shape index (κ1) is 18.4. The van der Waals surface area contributed by atoms with E-state index in [1.54, 1.807) is 11.0 Å². The number of carbonyl (C=O) groups excluding carboxylic acids is 3. The topological polar surface area (TPSA) is 78.5 Å². The minimum atomic E-state index is -0.312. The molecule has 0 atom stereocenters. The molecular formula is C17H22BrN3O3. The van der Waals surface area contributed by atoms with Gasteiger partial charge in [-0.25, -0.2) is 0 Å². The number of hydrogen-bond donors (Lipinski definition) is 2. The van der Waals surface area contributed by atoms with Gasteiger partial charge in [-0.05, 0) is 43.5 Å². The molecule has 7 heteroatoms. The van der Waals surface area contributed by atoms with Gasteiger partial charge in [0.25, 0.3) is 0 Å². The molecule has 0 aromatic heterocycles. The molecule has 1 aliphatic heterocycles. The van der Waals surface area contributed by atoms with E-state index in [0.717, 1.165) is 29.3 Å². The third-order valence-electron chi connectivity index (χ3n) is 3.91. The van der Waals surface area contributed by atoms with Crippen LogP contribution >= 0.6 is 15.9 Å². The average molecular weight is 396 g/mol. The summed E-state index contributed by atoms with van der Waals surface area (Å²) < 4.78 is 0.938. The first-order chi connectivity index (χ1) is 11.5. The van der Waals surface area contributed by atoms with E-state index in [4.69, 9.17) is 0 Å². The molecule has 1 saturated heterocycles. The second kappa shape index (κ2) is 8.82. The molecular weight excluding hydrogens is 374 g/mol. The number of anilines is 1. The summed E-state index contributed by atoms with van der Waals surface area (Å²) in [7, 11) is 0. The van der Waals surface area contributed by atoms with E-state index in [-0.39, 0.29) is 30.8 Å². The number of likely N-dealkylation sites (tertiary alicyclic amines) is 1. The highest BCUT2D eigenvalue weighted by molar-refractivity contribution is 9.10. The molecule has 0 spiro atoms. The Labute approximate surface area is 150 Å². The Kier molecular flexibility index (Phi) is 6.78. The van der Waals surface area contributed by atoms with Crippen molar-refractivity contribution in [1.29, 1.82) is 0 Å². The molecule has 1 heterocycles. The number of rotatable bonds is 5. The van der Waals surface area contributed by atoms with Crippen molar-refractivity contribution in [2.75, 3.05) is 25.0 Å². The maximum atomic E-state index is 11.9. The van der Waals surface area contributed by atoms with Crippen molar-refractivity contribution >= 4 is 39.3 Å². The summed E-state index contributed by atoms with van der Waals surface area (Å²) in [6.45, 7) is 2.40. The highest BCUT2D eigenvalue weighted by Gasteiger charge is 2.19. The second-order valence-electron chi connectivity index (χ2n) is 5.91. The van der Waals surface area contributed by atoms with E-state index in [0.29, 0.717) is 18.7 Å². The molecule has 0 unspecified atom stereocenters. The van der Waals surface area contributed by atoms with Crippen LogP contribution in [0.15, 0.2) is 22.7 Å². The fourth-order valence-electron chi connectivity index (χ4n) is 2.58. The summed E-state index contributed by atoms with van der Waals surface area (Å²) in [6, 6.07) is 5.54. The zero-order chi connectivity index (χ0) is 17.5. The Morgan fingerprint density at radius 2 is 2.00 bits per heavy atom. The lowest BCUT2D eigenvalue weighted by Gasteiger charge is -2.19. The van der Waals surface area contributed by atoms with Gasteiger partial charge in [0.05, 0.1) is 13.1 Å². The number of nitrogens with zero attached hydrogens (tertiary/aromatic N) is 1. The number of hydrogen-bond acceptors (Lipinski definition) is 3. The molecule has 1 aromatic carbocycles. The van der Waals surface area contributed by atoms with Crippen molar-refractivity contribution < 1.29 is 14.4 Å². The monoisotopic (exact) mass is 395 g/mol. The lowest BCUT2D eigenvalue weighted by Crippen LogP contribution is -2.42. The Bertz CT molecular complexity index is 634. The summed E-state index contributed by atoms with van der Waals surface area (Å²) >= 11 is 3.37. The molecule has 1 aliphatic rings. The third-order valence-corrected chi connectivity index (χ3v) is 4.41. The van der Waals surface area contributed by atoms with E-state index in [1.165, 1.54) is 0 Å². The number of benzene rings is 1. The van der Waals surface area contributed by atoms with Crippen LogP contribution in [0.2, 0.25) is 0 Å². The molecule has 6 nitrogen and oxygen atoms in total. The molecule has 0 aliphatic carbocycles. The predicted octanol–water partition coefficient (Wildman–Crippen LogP) is 2.21. The molecule has 2 N–H and O–H groups in total. The van der Waals surface area contributed by atoms with Gasteiger partial charge in [-0.2, -0.15) is 0 Å². The van der Waals surface area contributed by atoms with E-state index in [9.17, 15) is 14.4 Å². The lowest BCUT2D eigenvalue weighted by molar-refractivity contribution is -0.135. The van der Waals surface area contributed by atoms with E-state index < -0.39 is 0 Å². The van der Waals surface area contributed by atoms with Gasteiger partial charge in [-0.1, -0.05) is 22.4 Å². The van der Waals surface area contributed by atoms with Gasteiger partial charge in [0.2, 0.25) is 17.7 Å². The van der Waals surface area contributed by atoms with Crippen LogP contribution < -0.4 is 10.6 Å².